The number of allylic oxidation sites excluding steroid dienone is 1. The van der Waals surface area contributed by atoms with Crippen molar-refractivity contribution in [3.8, 4) is 0 Å². The molecule has 0 N–H and O–H groups in total. The van der Waals surface area contributed by atoms with Crippen LogP contribution in [0.15, 0.2) is 11.3 Å². The second-order valence-electron chi connectivity index (χ2n) is 4.81. The zero-order chi connectivity index (χ0) is 10.9. The fourth-order valence-corrected chi connectivity index (χ4v) is 3.03. The first-order chi connectivity index (χ1) is 6.34. The first-order valence-electron chi connectivity index (χ1n) is 5.03. The van der Waals surface area contributed by atoms with E-state index in [1.807, 2.05) is 0 Å². The molecule has 14 heavy (non-hydrogen) atoms. The lowest BCUT2D eigenvalue weighted by atomic mass is 10.2. The maximum atomic E-state index is 11.3. The van der Waals surface area contributed by atoms with E-state index in [-0.39, 0.29) is 5.12 Å². The van der Waals surface area contributed by atoms with Gasteiger partial charge in [0.05, 0.1) is 0 Å². The van der Waals surface area contributed by atoms with Crippen molar-refractivity contribution in [1.82, 2.24) is 4.57 Å². The Kier molecular flexibility index (Phi) is 3.47. The Morgan fingerprint density at radius 2 is 1.93 bits per heavy atom. The first-order valence-corrected chi connectivity index (χ1v) is 8.92. The standard InChI is InChI=1S/C10H19NOSSi/c1-11(14(2,3)4)9-7-5-6-8(9)10(12)13/h5-7H2,1-4H3,(H,12,13). The highest BCUT2D eigenvalue weighted by Crippen LogP contribution is 2.31. The predicted molar refractivity (Wildman–Crippen MR) is 66.0 cm³/mol. The van der Waals surface area contributed by atoms with Gasteiger partial charge in [0.2, 0.25) is 5.12 Å². The highest BCUT2D eigenvalue weighted by molar-refractivity contribution is 7.97. The minimum absolute atomic E-state index is 0.0393. The van der Waals surface area contributed by atoms with Crippen LogP contribution in [0.25, 0.3) is 0 Å². The van der Waals surface area contributed by atoms with E-state index >= 15 is 0 Å². The van der Waals surface area contributed by atoms with Gasteiger partial charge in [0, 0.05) is 11.3 Å². The maximum absolute atomic E-state index is 11.3. The summed E-state index contributed by atoms with van der Waals surface area (Å²) in [4.78, 5) is 11.3. The third-order valence-corrected chi connectivity index (χ3v) is 5.41. The van der Waals surface area contributed by atoms with Gasteiger partial charge in [-0.05, 0) is 26.3 Å². The molecule has 1 aliphatic carbocycles. The van der Waals surface area contributed by atoms with Crippen LogP contribution in [-0.2, 0) is 4.79 Å². The van der Waals surface area contributed by atoms with E-state index in [0.29, 0.717) is 0 Å². The lowest BCUT2D eigenvalue weighted by molar-refractivity contribution is -0.107. The number of hydrogen-bond donors (Lipinski definition) is 1. The predicted octanol–water partition coefficient (Wildman–Crippen LogP) is 2.65. The van der Waals surface area contributed by atoms with Crippen molar-refractivity contribution < 1.29 is 4.79 Å². The molecule has 80 valence electrons. The third-order valence-electron chi connectivity index (χ3n) is 2.86. The lowest BCUT2D eigenvalue weighted by Gasteiger charge is -2.34. The molecule has 0 radical (unpaired) electrons. The van der Waals surface area contributed by atoms with Crippen LogP contribution in [-0.4, -0.2) is 25.0 Å². The van der Waals surface area contributed by atoms with Gasteiger partial charge >= 0.3 is 0 Å². The van der Waals surface area contributed by atoms with Crippen LogP contribution in [0.2, 0.25) is 19.6 Å². The molecule has 1 aliphatic rings. The summed E-state index contributed by atoms with van der Waals surface area (Å²) < 4.78 is 2.34. The summed E-state index contributed by atoms with van der Waals surface area (Å²) in [6.07, 6.45) is 3.06. The number of hydrogen-bond acceptors (Lipinski definition) is 2. The quantitative estimate of drug-likeness (QED) is 0.593. The normalized spacial score (nSPS) is 17.5. The molecule has 2 nitrogen and oxygen atoms in total. The summed E-state index contributed by atoms with van der Waals surface area (Å²) in [5.74, 6) is 0. The van der Waals surface area contributed by atoms with Crippen molar-refractivity contribution in [3.05, 3.63) is 11.3 Å². The van der Waals surface area contributed by atoms with Gasteiger partial charge in [0.25, 0.3) is 0 Å². The van der Waals surface area contributed by atoms with Crippen molar-refractivity contribution in [3.63, 3.8) is 0 Å². The minimum Gasteiger partial charge on any atom is -0.403 e. The van der Waals surface area contributed by atoms with Crippen LogP contribution in [0.1, 0.15) is 19.3 Å². The summed E-state index contributed by atoms with van der Waals surface area (Å²) in [7, 11) is 0.791. The molecule has 0 aliphatic heterocycles. The molecule has 0 atom stereocenters. The summed E-state index contributed by atoms with van der Waals surface area (Å²) >= 11 is 3.93. The molecule has 0 aromatic carbocycles. The molecule has 1 rings (SSSR count). The van der Waals surface area contributed by atoms with Crippen molar-refractivity contribution in [2.24, 2.45) is 0 Å². The Labute approximate surface area is 92.9 Å². The van der Waals surface area contributed by atoms with Gasteiger partial charge in [-0.1, -0.05) is 19.6 Å². The zero-order valence-corrected chi connectivity index (χ0v) is 11.3. The van der Waals surface area contributed by atoms with Gasteiger partial charge < -0.3 is 4.57 Å². The highest BCUT2D eigenvalue weighted by atomic mass is 32.1. The largest absolute Gasteiger partial charge is 0.403 e. The highest BCUT2D eigenvalue weighted by Gasteiger charge is 2.28. The molecular weight excluding hydrogens is 210 g/mol. The SMILES string of the molecule is CN(C1=C(C(=O)S)CCC1)[Si](C)(C)C. The van der Waals surface area contributed by atoms with Crippen molar-refractivity contribution in [1.29, 1.82) is 0 Å². The van der Waals surface area contributed by atoms with Gasteiger partial charge in [-0.3, -0.25) is 4.79 Å². The topological polar surface area (TPSA) is 20.3 Å². The van der Waals surface area contributed by atoms with Gasteiger partial charge in [-0.25, -0.2) is 0 Å². The molecule has 0 aromatic heterocycles. The average molecular weight is 229 g/mol. The second kappa shape index (κ2) is 4.11. The second-order valence-corrected chi connectivity index (χ2v) is 10.2. The number of thiol groups is 1. The van der Waals surface area contributed by atoms with Gasteiger partial charge in [0.1, 0.15) is 8.24 Å². The Morgan fingerprint density at radius 1 is 1.36 bits per heavy atom. The van der Waals surface area contributed by atoms with Crippen LogP contribution >= 0.6 is 12.6 Å². The van der Waals surface area contributed by atoms with Crippen LogP contribution in [0, 0.1) is 0 Å². The van der Waals surface area contributed by atoms with E-state index < -0.39 is 8.24 Å². The molecule has 0 aromatic rings. The molecule has 0 amide bonds. The molecule has 0 bridgehead atoms. The molecule has 0 saturated heterocycles. The molecule has 0 unspecified atom stereocenters. The zero-order valence-electron chi connectivity index (χ0n) is 9.42. The molecule has 0 saturated carbocycles. The van der Waals surface area contributed by atoms with E-state index in [0.717, 1.165) is 24.8 Å². The Bertz CT molecular complexity index is 280. The van der Waals surface area contributed by atoms with E-state index in [1.165, 1.54) is 5.70 Å². The monoisotopic (exact) mass is 229 g/mol. The Morgan fingerprint density at radius 3 is 2.36 bits per heavy atom. The van der Waals surface area contributed by atoms with E-state index in [9.17, 15) is 4.79 Å². The number of carbonyl (C=O) groups excluding carboxylic acids is 1. The van der Waals surface area contributed by atoms with E-state index in [2.05, 4.69) is 43.9 Å². The average Bonchev–Trinajstić information content (AvgIpc) is 2.48. The summed E-state index contributed by atoms with van der Waals surface area (Å²) in [5, 5.41) is -0.0393. The van der Waals surface area contributed by atoms with Gasteiger partial charge in [0.15, 0.2) is 0 Å². The summed E-state index contributed by atoms with van der Waals surface area (Å²) in [6, 6.07) is 0. The maximum Gasteiger partial charge on any atom is 0.214 e. The molecule has 0 spiro atoms. The van der Waals surface area contributed by atoms with Crippen LogP contribution in [0.5, 0.6) is 0 Å². The van der Waals surface area contributed by atoms with Crippen molar-refractivity contribution in [2.45, 2.75) is 38.9 Å². The Balaban J connectivity index is 2.96. The molecule has 0 fully saturated rings. The third kappa shape index (κ3) is 2.42. The van der Waals surface area contributed by atoms with Gasteiger partial charge in [-0.15, -0.1) is 12.6 Å². The molecular formula is C10H19NOSSi. The van der Waals surface area contributed by atoms with Crippen LogP contribution < -0.4 is 0 Å². The summed E-state index contributed by atoms with van der Waals surface area (Å²) in [6.45, 7) is 6.87. The lowest BCUT2D eigenvalue weighted by Crippen LogP contribution is -2.42. The molecule has 0 heterocycles. The van der Waals surface area contributed by atoms with Crippen LogP contribution in [0.3, 0.4) is 0 Å². The minimum atomic E-state index is -1.32. The van der Waals surface area contributed by atoms with Gasteiger partial charge in [-0.2, -0.15) is 0 Å². The Hall–Kier alpha value is -0.223. The molecule has 4 heteroatoms. The smallest absolute Gasteiger partial charge is 0.214 e. The van der Waals surface area contributed by atoms with E-state index in [1.54, 1.807) is 0 Å². The fourth-order valence-electron chi connectivity index (χ4n) is 1.73. The number of carbonyl (C=O) groups is 1. The number of rotatable bonds is 3. The van der Waals surface area contributed by atoms with Crippen molar-refractivity contribution >= 4 is 26.0 Å². The first kappa shape index (κ1) is 11.8. The van der Waals surface area contributed by atoms with Crippen molar-refractivity contribution in [2.75, 3.05) is 7.05 Å². The van der Waals surface area contributed by atoms with Crippen LogP contribution in [0.4, 0.5) is 0 Å². The fraction of sp³-hybridized carbons (Fsp3) is 0.700. The number of nitrogens with zero attached hydrogens (tertiary/aromatic N) is 1. The van der Waals surface area contributed by atoms with E-state index in [4.69, 9.17) is 0 Å². The summed E-state index contributed by atoms with van der Waals surface area (Å²) in [5.41, 5.74) is 2.18.